The molecule has 1 aromatic rings. The van der Waals surface area contributed by atoms with Crippen LogP contribution in [0.25, 0.3) is 6.08 Å². The first-order chi connectivity index (χ1) is 15.2. The Hall–Kier alpha value is -3.68. The van der Waals surface area contributed by atoms with Crippen molar-refractivity contribution in [1.29, 1.82) is 0 Å². The highest BCUT2D eigenvalue weighted by Crippen LogP contribution is 2.48. The highest BCUT2D eigenvalue weighted by Gasteiger charge is 2.33. The molecule has 0 fully saturated rings. The summed E-state index contributed by atoms with van der Waals surface area (Å²) in [5, 5.41) is 19.9. The largest absolute Gasteiger partial charge is 0.504 e. The molecule has 2 rings (SSSR count). The first-order valence-electron chi connectivity index (χ1n) is 9.70. The lowest BCUT2D eigenvalue weighted by atomic mass is 9.93. The van der Waals surface area contributed by atoms with Crippen LogP contribution in [0, 0.1) is 6.92 Å². The molecule has 2 N–H and O–H groups in total. The van der Waals surface area contributed by atoms with E-state index in [1.54, 1.807) is 45.1 Å². The average Bonchev–Trinajstić information content (AvgIpc) is 2.79. The lowest BCUT2D eigenvalue weighted by Crippen LogP contribution is -2.24. The van der Waals surface area contributed by atoms with Gasteiger partial charge in [0.2, 0.25) is 34.6 Å². The minimum atomic E-state index is -0.324. The lowest BCUT2D eigenvalue weighted by Gasteiger charge is -2.18. The number of methoxy groups -OCH3 is 4. The molecule has 1 aromatic carbocycles. The molecule has 0 amide bonds. The molecule has 0 aromatic heterocycles. The Bertz CT molecular complexity index is 1010. The van der Waals surface area contributed by atoms with Crippen LogP contribution in [-0.2, 0) is 19.1 Å². The van der Waals surface area contributed by atoms with E-state index in [9.17, 15) is 19.8 Å². The van der Waals surface area contributed by atoms with Gasteiger partial charge in [0.1, 0.15) is 0 Å². The molecule has 0 atom stereocenters. The fourth-order valence-corrected chi connectivity index (χ4v) is 3.09. The Kier molecular flexibility index (Phi) is 9.59. The third-order valence-corrected chi connectivity index (χ3v) is 4.74. The summed E-state index contributed by atoms with van der Waals surface area (Å²) in [5.74, 6) is -0.478. The summed E-state index contributed by atoms with van der Waals surface area (Å²) >= 11 is 0. The van der Waals surface area contributed by atoms with E-state index in [1.165, 1.54) is 28.4 Å². The van der Waals surface area contributed by atoms with Crippen molar-refractivity contribution in [3.63, 3.8) is 0 Å². The van der Waals surface area contributed by atoms with E-state index in [0.29, 0.717) is 22.3 Å². The first kappa shape index (κ1) is 26.4. The Morgan fingerprint density at radius 3 is 1.59 bits per heavy atom. The molecule has 0 saturated heterocycles. The number of carbonyl (C=O) groups excluding carboxylic acids is 2. The van der Waals surface area contributed by atoms with Gasteiger partial charge in [-0.3, -0.25) is 9.59 Å². The van der Waals surface area contributed by atoms with Crippen molar-refractivity contribution in [3.05, 3.63) is 52.0 Å². The molecule has 0 saturated carbocycles. The molecule has 8 heteroatoms. The second-order valence-corrected chi connectivity index (χ2v) is 6.57. The van der Waals surface area contributed by atoms with E-state index in [2.05, 4.69) is 0 Å². The number of hydrogen-bond acceptors (Lipinski definition) is 8. The maximum Gasteiger partial charge on any atom is 0.232 e. The van der Waals surface area contributed by atoms with Crippen molar-refractivity contribution >= 4 is 17.6 Å². The molecule has 1 aliphatic carbocycles. The van der Waals surface area contributed by atoms with Crippen molar-refractivity contribution in [3.8, 4) is 23.0 Å². The van der Waals surface area contributed by atoms with Crippen molar-refractivity contribution < 1.29 is 38.7 Å². The van der Waals surface area contributed by atoms with Crippen LogP contribution in [0.5, 0.6) is 23.0 Å². The zero-order chi connectivity index (χ0) is 24.6. The van der Waals surface area contributed by atoms with E-state index in [1.807, 2.05) is 6.92 Å². The van der Waals surface area contributed by atoms with Crippen LogP contribution < -0.4 is 9.47 Å². The van der Waals surface area contributed by atoms with Crippen molar-refractivity contribution in [2.75, 3.05) is 28.4 Å². The number of phenols is 2. The molecule has 0 spiro atoms. The van der Waals surface area contributed by atoms with Gasteiger partial charge in [0, 0.05) is 22.3 Å². The van der Waals surface area contributed by atoms with Crippen LogP contribution in [0.4, 0.5) is 0 Å². The van der Waals surface area contributed by atoms with Gasteiger partial charge in [-0.1, -0.05) is 24.3 Å². The van der Waals surface area contributed by atoms with Gasteiger partial charge in [-0.25, -0.2) is 0 Å². The van der Waals surface area contributed by atoms with Gasteiger partial charge in [0.05, 0.1) is 28.4 Å². The Balaban J connectivity index is 0.000000320. The number of ether oxygens (including phenoxy) is 4. The predicted octanol–water partition coefficient (Wildman–Crippen LogP) is 3.99. The van der Waals surface area contributed by atoms with Gasteiger partial charge in [-0.15, -0.1) is 0 Å². The monoisotopic (exact) mass is 446 g/mol. The minimum absolute atomic E-state index is 0.0229. The molecule has 0 unspecified atom stereocenters. The highest BCUT2D eigenvalue weighted by molar-refractivity contribution is 6.24. The summed E-state index contributed by atoms with van der Waals surface area (Å²) in [7, 11) is 5.50. The minimum Gasteiger partial charge on any atom is -0.504 e. The number of rotatable bonds is 6. The molecule has 174 valence electrons. The number of allylic oxidation sites excluding steroid dienone is 5. The zero-order valence-electron chi connectivity index (χ0n) is 19.7. The summed E-state index contributed by atoms with van der Waals surface area (Å²) in [6.07, 6.45) is 6.77. The normalized spacial score (nSPS) is 14.1. The summed E-state index contributed by atoms with van der Waals surface area (Å²) in [6.45, 7) is 6.90. The third-order valence-electron chi connectivity index (χ3n) is 4.74. The number of carbonyl (C=O) groups is 2. The van der Waals surface area contributed by atoms with Crippen LogP contribution in [-0.4, -0.2) is 50.2 Å². The third kappa shape index (κ3) is 4.96. The molecular formula is C24H30O8. The number of phenolic OH excluding ortho intramolecular Hbond substituents is 2. The predicted molar refractivity (Wildman–Crippen MR) is 121 cm³/mol. The number of ketones is 2. The maximum absolute atomic E-state index is 11.9. The molecular weight excluding hydrogens is 416 g/mol. The van der Waals surface area contributed by atoms with Gasteiger partial charge in [-0.05, 0) is 27.7 Å². The van der Waals surface area contributed by atoms with E-state index in [4.69, 9.17) is 18.9 Å². The second kappa shape index (κ2) is 11.6. The van der Waals surface area contributed by atoms with Crippen molar-refractivity contribution in [2.24, 2.45) is 0 Å². The fraction of sp³-hybridized carbons (Fsp3) is 0.333. The Morgan fingerprint density at radius 1 is 0.688 bits per heavy atom. The van der Waals surface area contributed by atoms with E-state index in [0.717, 1.165) is 0 Å². The maximum atomic E-state index is 11.9. The zero-order valence-corrected chi connectivity index (χ0v) is 19.7. The molecule has 1 aliphatic rings. The summed E-state index contributed by atoms with van der Waals surface area (Å²) in [6, 6.07) is 0. The van der Waals surface area contributed by atoms with Gasteiger partial charge < -0.3 is 29.2 Å². The summed E-state index contributed by atoms with van der Waals surface area (Å²) in [5.41, 5.74) is 1.80. The van der Waals surface area contributed by atoms with Crippen LogP contribution in [0.2, 0.25) is 0 Å². The second-order valence-electron chi connectivity index (χ2n) is 6.57. The molecule has 0 aliphatic heterocycles. The van der Waals surface area contributed by atoms with Gasteiger partial charge >= 0.3 is 0 Å². The molecule has 0 bridgehead atoms. The molecule has 8 nitrogen and oxygen atoms in total. The van der Waals surface area contributed by atoms with Crippen LogP contribution in [0.3, 0.4) is 0 Å². The number of benzene rings is 1. The topological polar surface area (TPSA) is 112 Å². The molecule has 32 heavy (non-hydrogen) atoms. The van der Waals surface area contributed by atoms with Gasteiger partial charge in [0.15, 0.2) is 11.5 Å². The quantitative estimate of drug-likeness (QED) is 0.498. The summed E-state index contributed by atoms with van der Waals surface area (Å²) < 4.78 is 19.8. The summed E-state index contributed by atoms with van der Waals surface area (Å²) in [4.78, 5) is 23.8. The Morgan fingerprint density at radius 2 is 1.16 bits per heavy atom. The van der Waals surface area contributed by atoms with E-state index in [-0.39, 0.29) is 46.1 Å². The van der Waals surface area contributed by atoms with E-state index >= 15 is 0 Å². The lowest BCUT2D eigenvalue weighted by molar-refractivity contribution is -0.120. The standard InChI is InChI=1S/C12H16O4.C12H14O4/c2*1-5-6-8-7(2)9(13)11(15-3)12(16-4)10(8)14/h5-6,13-14H,1-4H3;5-6H,1-4H3/b2*6-5+. The van der Waals surface area contributed by atoms with Crippen LogP contribution in [0.1, 0.15) is 31.9 Å². The van der Waals surface area contributed by atoms with Gasteiger partial charge in [0.25, 0.3) is 0 Å². The smallest absolute Gasteiger partial charge is 0.232 e. The van der Waals surface area contributed by atoms with Gasteiger partial charge in [-0.2, -0.15) is 0 Å². The highest BCUT2D eigenvalue weighted by atomic mass is 16.5. The van der Waals surface area contributed by atoms with Crippen molar-refractivity contribution in [2.45, 2.75) is 27.7 Å². The first-order valence-corrected chi connectivity index (χ1v) is 9.70. The van der Waals surface area contributed by atoms with Crippen LogP contribution in [0.15, 0.2) is 40.9 Å². The molecule has 0 radical (unpaired) electrons. The Labute approximate surface area is 188 Å². The number of Topliss-reactive ketones (excluding diaryl/α,β-unsaturated/α-hetero) is 2. The fourth-order valence-electron chi connectivity index (χ4n) is 3.09. The van der Waals surface area contributed by atoms with Crippen molar-refractivity contribution in [1.82, 2.24) is 0 Å². The van der Waals surface area contributed by atoms with Crippen LogP contribution >= 0.6 is 0 Å². The molecule has 0 heterocycles. The SMILES string of the molecule is C/C=C/C1=C(C)C(=O)C(OC)=C(OC)C1=O.C/C=C/c1c(C)c(O)c(OC)c(OC)c1O. The number of hydrogen-bond donors (Lipinski definition) is 2. The van der Waals surface area contributed by atoms with E-state index < -0.39 is 0 Å². The number of aromatic hydroxyl groups is 2. The average molecular weight is 446 g/mol.